The van der Waals surface area contributed by atoms with Gasteiger partial charge in [0.2, 0.25) is 11.5 Å². The molecule has 0 aliphatic rings. The molecule has 34 heavy (non-hydrogen) atoms. The summed E-state index contributed by atoms with van der Waals surface area (Å²) < 4.78 is 23.5. The highest BCUT2D eigenvalue weighted by Gasteiger charge is 2.26. The molecule has 0 aliphatic carbocycles. The molecule has 0 heterocycles. The van der Waals surface area contributed by atoms with Gasteiger partial charge < -0.3 is 18.9 Å². The van der Waals surface area contributed by atoms with Gasteiger partial charge in [0.15, 0.2) is 11.5 Å². The Morgan fingerprint density at radius 2 is 1.41 bits per heavy atom. The summed E-state index contributed by atoms with van der Waals surface area (Å²) >= 11 is 6.32. The van der Waals surface area contributed by atoms with Crippen molar-refractivity contribution < 1.29 is 23.7 Å². The number of fused-ring (bicyclic) bond motifs is 1. The molecule has 0 spiro atoms. The number of aryl methyl sites for hydroxylation is 2. The minimum atomic E-state index is -0.522. The molecule has 0 aliphatic heterocycles. The molecule has 0 amide bonds. The lowest BCUT2D eigenvalue weighted by atomic mass is 10.1. The summed E-state index contributed by atoms with van der Waals surface area (Å²) in [4.78, 5) is 12.9. The Hall–Kier alpha value is -3.70. The van der Waals surface area contributed by atoms with Crippen LogP contribution in [-0.4, -0.2) is 20.2 Å². The Balaban J connectivity index is 1.83. The number of carbonyl (C=O) groups is 1. The Kier molecular flexibility index (Phi) is 6.94. The molecule has 0 saturated heterocycles. The first-order chi connectivity index (χ1) is 16.4. The lowest BCUT2D eigenvalue weighted by molar-refractivity contribution is 0.0731. The Morgan fingerprint density at radius 1 is 0.765 bits per heavy atom. The van der Waals surface area contributed by atoms with Gasteiger partial charge in [0.25, 0.3) is 0 Å². The number of hydrogen-bond donors (Lipinski definition) is 0. The number of methoxy groups -OCH3 is 2. The molecule has 0 unspecified atom stereocenters. The zero-order valence-electron chi connectivity index (χ0n) is 19.5. The zero-order chi connectivity index (χ0) is 24.2. The van der Waals surface area contributed by atoms with Crippen molar-refractivity contribution in [2.24, 2.45) is 0 Å². The smallest absolute Gasteiger partial charge is 0.343 e. The van der Waals surface area contributed by atoms with E-state index in [1.807, 2.05) is 26.0 Å². The molecular weight excluding hydrogens is 452 g/mol. The first-order valence-electron chi connectivity index (χ1n) is 10.8. The quantitative estimate of drug-likeness (QED) is 0.214. The van der Waals surface area contributed by atoms with E-state index in [2.05, 4.69) is 18.2 Å². The van der Waals surface area contributed by atoms with Crippen molar-refractivity contribution in [3.63, 3.8) is 0 Å². The normalized spacial score (nSPS) is 10.7. The monoisotopic (exact) mass is 476 g/mol. The Morgan fingerprint density at radius 3 is 2.06 bits per heavy atom. The van der Waals surface area contributed by atoms with Gasteiger partial charge in [0.1, 0.15) is 6.61 Å². The van der Waals surface area contributed by atoms with E-state index in [9.17, 15) is 4.79 Å². The van der Waals surface area contributed by atoms with Crippen LogP contribution in [0.2, 0.25) is 5.02 Å². The number of esters is 1. The third-order valence-corrected chi connectivity index (χ3v) is 5.60. The molecule has 0 atom stereocenters. The van der Waals surface area contributed by atoms with Gasteiger partial charge in [-0.25, -0.2) is 4.79 Å². The van der Waals surface area contributed by atoms with E-state index in [4.69, 9.17) is 30.5 Å². The number of ether oxygens (including phenoxy) is 4. The molecule has 0 bridgehead atoms. The second-order valence-corrected chi connectivity index (χ2v) is 8.39. The summed E-state index contributed by atoms with van der Waals surface area (Å²) in [6.07, 6.45) is 0. The van der Waals surface area contributed by atoms with E-state index in [-0.39, 0.29) is 11.5 Å². The molecule has 0 radical (unpaired) electrons. The zero-order valence-corrected chi connectivity index (χ0v) is 20.2. The maximum Gasteiger partial charge on any atom is 0.343 e. The molecule has 4 rings (SSSR count). The lowest BCUT2D eigenvalue weighted by Gasteiger charge is -2.20. The number of halogens is 1. The summed E-state index contributed by atoms with van der Waals surface area (Å²) in [5.74, 6) is 0.745. The van der Waals surface area contributed by atoms with Crippen LogP contribution in [-0.2, 0) is 6.61 Å². The fourth-order valence-electron chi connectivity index (χ4n) is 4.00. The molecule has 174 valence electrons. The van der Waals surface area contributed by atoms with Crippen LogP contribution in [0.25, 0.3) is 10.8 Å². The number of rotatable bonds is 7. The van der Waals surface area contributed by atoms with Gasteiger partial charge in [-0.15, -0.1) is 0 Å². The van der Waals surface area contributed by atoms with Gasteiger partial charge in [-0.1, -0.05) is 59.1 Å². The molecule has 0 saturated carbocycles. The summed E-state index contributed by atoms with van der Waals surface area (Å²) in [6.45, 7) is 4.42. The van der Waals surface area contributed by atoms with E-state index < -0.39 is 5.97 Å². The largest absolute Gasteiger partial charge is 0.490 e. The van der Waals surface area contributed by atoms with Crippen LogP contribution in [0.1, 0.15) is 27.0 Å². The van der Waals surface area contributed by atoms with Crippen LogP contribution >= 0.6 is 11.6 Å². The fourth-order valence-corrected chi connectivity index (χ4v) is 4.17. The number of carbonyl (C=O) groups excluding carboxylic acids is 1. The van der Waals surface area contributed by atoms with Crippen LogP contribution < -0.4 is 18.9 Å². The minimum Gasteiger partial charge on any atom is -0.490 e. The van der Waals surface area contributed by atoms with E-state index in [0.717, 1.165) is 16.7 Å². The van der Waals surface area contributed by atoms with Gasteiger partial charge in [-0.2, -0.15) is 0 Å². The molecule has 0 N–H and O–H groups in total. The molecule has 4 aromatic rings. The standard InChI is InChI=1S/C28H25ClO5/c1-17-12-18(2)14-19(13-17)16-33-24-22-11-10-21(29)15-23(22)25(27(32-4)26(24)31-3)34-28(30)20-8-6-5-7-9-20/h5-15H,16H2,1-4H3. The first kappa shape index (κ1) is 23.5. The third-order valence-electron chi connectivity index (χ3n) is 5.37. The van der Waals surface area contributed by atoms with Crippen molar-refractivity contribution in [2.45, 2.75) is 20.5 Å². The maximum absolute atomic E-state index is 12.9. The van der Waals surface area contributed by atoms with Crippen LogP contribution in [0, 0.1) is 13.8 Å². The lowest BCUT2D eigenvalue weighted by Crippen LogP contribution is -2.10. The number of benzene rings is 4. The Bertz CT molecular complexity index is 1330. The van der Waals surface area contributed by atoms with Crippen molar-refractivity contribution in [3.8, 4) is 23.0 Å². The highest BCUT2D eigenvalue weighted by atomic mass is 35.5. The van der Waals surface area contributed by atoms with Gasteiger partial charge in [-0.05, 0) is 49.7 Å². The molecule has 4 aromatic carbocycles. The molecule has 0 fully saturated rings. The SMILES string of the molecule is COc1c(OC)c(OC(=O)c2ccccc2)c2cc(Cl)ccc2c1OCc1cc(C)cc(C)c1. The minimum absolute atomic E-state index is 0.212. The highest BCUT2D eigenvalue weighted by Crippen LogP contribution is 2.52. The Labute approximate surface area is 203 Å². The van der Waals surface area contributed by atoms with Crippen molar-refractivity contribution in [2.75, 3.05) is 14.2 Å². The molecule has 5 nitrogen and oxygen atoms in total. The van der Waals surface area contributed by atoms with E-state index in [1.54, 1.807) is 36.4 Å². The summed E-state index contributed by atoms with van der Waals surface area (Å²) in [5.41, 5.74) is 3.75. The second-order valence-electron chi connectivity index (χ2n) is 7.95. The highest BCUT2D eigenvalue weighted by molar-refractivity contribution is 6.31. The predicted molar refractivity (Wildman–Crippen MR) is 134 cm³/mol. The van der Waals surface area contributed by atoms with Crippen molar-refractivity contribution >= 4 is 28.3 Å². The molecule has 0 aromatic heterocycles. The van der Waals surface area contributed by atoms with Gasteiger partial charge in [-0.3, -0.25) is 0 Å². The second kappa shape index (κ2) is 10.1. The topological polar surface area (TPSA) is 54.0 Å². The average Bonchev–Trinajstić information content (AvgIpc) is 2.82. The summed E-state index contributed by atoms with van der Waals surface area (Å²) in [5, 5.41) is 1.74. The molecule has 6 heteroatoms. The van der Waals surface area contributed by atoms with Crippen LogP contribution in [0.4, 0.5) is 0 Å². The average molecular weight is 477 g/mol. The third kappa shape index (κ3) is 4.80. The van der Waals surface area contributed by atoms with Crippen molar-refractivity contribution in [1.82, 2.24) is 0 Å². The fraction of sp³-hybridized carbons (Fsp3) is 0.179. The van der Waals surface area contributed by atoms with E-state index in [0.29, 0.717) is 39.5 Å². The van der Waals surface area contributed by atoms with Crippen LogP contribution in [0.5, 0.6) is 23.0 Å². The van der Waals surface area contributed by atoms with E-state index >= 15 is 0 Å². The summed E-state index contributed by atoms with van der Waals surface area (Å²) in [6, 6.07) is 20.3. The number of hydrogen-bond acceptors (Lipinski definition) is 5. The molecular formula is C28H25ClO5. The van der Waals surface area contributed by atoms with Crippen molar-refractivity contribution in [3.05, 3.63) is 94.0 Å². The van der Waals surface area contributed by atoms with Crippen molar-refractivity contribution in [1.29, 1.82) is 0 Å². The van der Waals surface area contributed by atoms with Crippen LogP contribution in [0.3, 0.4) is 0 Å². The van der Waals surface area contributed by atoms with Gasteiger partial charge in [0.05, 0.1) is 19.8 Å². The summed E-state index contributed by atoms with van der Waals surface area (Å²) in [7, 11) is 3.01. The predicted octanol–water partition coefficient (Wildman–Crippen LogP) is 6.93. The van der Waals surface area contributed by atoms with Gasteiger partial charge >= 0.3 is 5.97 Å². The van der Waals surface area contributed by atoms with E-state index in [1.165, 1.54) is 14.2 Å². The maximum atomic E-state index is 12.9. The first-order valence-corrected chi connectivity index (χ1v) is 11.1. The van der Waals surface area contributed by atoms with Gasteiger partial charge in [0, 0.05) is 15.8 Å². The van der Waals surface area contributed by atoms with Crippen LogP contribution in [0.15, 0.2) is 66.7 Å².